The Hall–Kier alpha value is -1.55. The number of aliphatic hydroxyl groups is 1. The van der Waals surface area contributed by atoms with Gasteiger partial charge in [0.05, 0.1) is 19.3 Å². The van der Waals surface area contributed by atoms with E-state index in [4.69, 9.17) is 4.74 Å². The molecule has 4 heteroatoms. The maximum Gasteiger partial charge on any atom is 0.251 e. The number of rotatable bonds is 5. The highest BCUT2D eigenvalue weighted by Gasteiger charge is 2.24. The molecule has 0 aromatic heterocycles. The molecule has 0 radical (unpaired) electrons. The van der Waals surface area contributed by atoms with Gasteiger partial charge in [0.25, 0.3) is 5.91 Å². The fourth-order valence-corrected chi connectivity index (χ4v) is 1.99. The summed E-state index contributed by atoms with van der Waals surface area (Å²) >= 11 is 0. The Morgan fingerprint density at radius 2 is 1.89 bits per heavy atom. The second-order valence-corrected chi connectivity index (χ2v) is 5.17. The molecule has 0 aliphatic carbocycles. The van der Waals surface area contributed by atoms with Gasteiger partial charge in [0.1, 0.15) is 5.75 Å². The van der Waals surface area contributed by atoms with Gasteiger partial charge in [-0.1, -0.05) is 6.92 Å². The van der Waals surface area contributed by atoms with Crippen LogP contribution in [0.2, 0.25) is 0 Å². The number of hydrogen-bond acceptors (Lipinski definition) is 3. The normalized spacial score (nSPS) is 13.8. The zero-order valence-corrected chi connectivity index (χ0v) is 12.3. The lowest BCUT2D eigenvalue weighted by Crippen LogP contribution is -2.48. The van der Waals surface area contributed by atoms with Crippen LogP contribution in [0, 0.1) is 13.8 Å². The van der Waals surface area contributed by atoms with Gasteiger partial charge in [-0.3, -0.25) is 4.79 Å². The first-order chi connectivity index (χ1) is 8.86. The highest BCUT2D eigenvalue weighted by Crippen LogP contribution is 2.24. The van der Waals surface area contributed by atoms with Crippen LogP contribution >= 0.6 is 0 Å². The van der Waals surface area contributed by atoms with E-state index in [1.807, 2.05) is 27.7 Å². The van der Waals surface area contributed by atoms with E-state index in [-0.39, 0.29) is 12.5 Å². The van der Waals surface area contributed by atoms with Crippen molar-refractivity contribution in [2.75, 3.05) is 13.7 Å². The Labute approximate surface area is 114 Å². The largest absolute Gasteiger partial charge is 0.496 e. The summed E-state index contributed by atoms with van der Waals surface area (Å²) in [7, 11) is 1.62. The van der Waals surface area contributed by atoms with Crippen molar-refractivity contribution in [2.24, 2.45) is 0 Å². The van der Waals surface area contributed by atoms with Gasteiger partial charge in [0.15, 0.2) is 0 Å². The fraction of sp³-hybridized carbons (Fsp3) is 0.533. The first kappa shape index (κ1) is 15.5. The molecule has 19 heavy (non-hydrogen) atoms. The molecule has 1 rings (SSSR count). The first-order valence-electron chi connectivity index (χ1n) is 6.45. The molecule has 0 aliphatic heterocycles. The molecule has 0 heterocycles. The minimum atomic E-state index is -0.585. The van der Waals surface area contributed by atoms with E-state index in [1.54, 1.807) is 19.2 Å². The summed E-state index contributed by atoms with van der Waals surface area (Å²) in [4.78, 5) is 12.2. The van der Waals surface area contributed by atoms with Crippen molar-refractivity contribution < 1.29 is 14.6 Å². The number of nitrogens with one attached hydrogen (secondary N) is 1. The van der Waals surface area contributed by atoms with Crippen LogP contribution < -0.4 is 10.1 Å². The number of methoxy groups -OCH3 is 1. The standard InChI is InChI=1S/C15H23NO3/c1-6-15(4,9-17)16-14(18)12-7-10(2)13(19-5)11(3)8-12/h7-8,17H,6,9H2,1-5H3,(H,16,18). The highest BCUT2D eigenvalue weighted by molar-refractivity contribution is 5.95. The average Bonchev–Trinajstić information content (AvgIpc) is 2.38. The van der Waals surface area contributed by atoms with Gasteiger partial charge in [-0.2, -0.15) is 0 Å². The molecule has 0 fully saturated rings. The summed E-state index contributed by atoms with van der Waals surface area (Å²) in [6, 6.07) is 3.60. The van der Waals surface area contributed by atoms with E-state index in [0.717, 1.165) is 16.9 Å². The monoisotopic (exact) mass is 265 g/mol. The van der Waals surface area contributed by atoms with Crippen molar-refractivity contribution in [3.8, 4) is 5.75 Å². The molecule has 1 amide bonds. The van der Waals surface area contributed by atoms with Gasteiger partial charge in [-0.15, -0.1) is 0 Å². The molecule has 1 aromatic rings. The maximum absolute atomic E-state index is 12.2. The summed E-state index contributed by atoms with van der Waals surface area (Å²) in [6.45, 7) is 7.50. The Morgan fingerprint density at radius 3 is 2.26 bits per heavy atom. The number of carbonyl (C=O) groups is 1. The van der Waals surface area contributed by atoms with Crippen LogP contribution in [-0.2, 0) is 0 Å². The number of benzene rings is 1. The van der Waals surface area contributed by atoms with Gasteiger partial charge in [0, 0.05) is 5.56 Å². The van der Waals surface area contributed by atoms with Gasteiger partial charge in [-0.05, 0) is 50.5 Å². The maximum atomic E-state index is 12.2. The van der Waals surface area contributed by atoms with E-state index in [1.165, 1.54) is 0 Å². The minimum absolute atomic E-state index is 0.0800. The van der Waals surface area contributed by atoms with Gasteiger partial charge >= 0.3 is 0 Å². The Kier molecular flexibility index (Phi) is 4.95. The summed E-state index contributed by atoms with van der Waals surface area (Å²) in [5.74, 6) is 0.629. The van der Waals surface area contributed by atoms with E-state index in [2.05, 4.69) is 5.32 Å². The lowest BCUT2D eigenvalue weighted by Gasteiger charge is -2.27. The predicted octanol–water partition coefficient (Wildman–Crippen LogP) is 2.20. The molecule has 1 unspecified atom stereocenters. The Bertz CT molecular complexity index is 441. The zero-order chi connectivity index (χ0) is 14.6. The fourth-order valence-electron chi connectivity index (χ4n) is 1.99. The lowest BCUT2D eigenvalue weighted by molar-refractivity contribution is 0.0847. The van der Waals surface area contributed by atoms with Crippen LogP contribution in [0.4, 0.5) is 0 Å². The number of carbonyl (C=O) groups excluding carboxylic acids is 1. The molecular formula is C15H23NO3. The number of aryl methyl sites for hydroxylation is 2. The summed E-state index contributed by atoms with van der Waals surface area (Å²) in [5, 5.41) is 12.2. The third-order valence-corrected chi connectivity index (χ3v) is 3.47. The third kappa shape index (κ3) is 3.47. The second kappa shape index (κ2) is 6.06. The van der Waals surface area contributed by atoms with Crippen molar-refractivity contribution in [3.05, 3.63) is 28.8 Å². The molecule has 106 valence electrons. The number of ether oxygens (including phenoxy) is 1. The number of hydrogen-bond donors (Lipinski definition) is 2. The third-order valence-electron chi connectivity index (χ3n) is 3.47. The second-order valence-electron chi connectivity index (χ2n) is 5.17. The first-order valence-corrected chi connectivity index (χ1v) is 6.45. The van der Waals surface area contributed by atoms with Crippen molar-refractivity contribution in [1.82, 2.24) is 5.32 Å². The molecule has 2 N–H and O–H groups in total. The number of aliphatic hydroxyl groups excluding tert-OH is 1. The van der Waals surface area contributed by atoms with E-state index >= 15 is 0 Å². The van der Waals surface area contributed by atoms with Crippen molar-refractivity contribution in [2.45, 2.75) is 39.7 Å². The molecule has 4 nitrogen and oxygen atoms in total. The molecule has 0 saturated carbocycles. The van der Waals surface area contributed by atoms with Gasteiger partial charge < -0.3 is 15.2 Å². The molecule has 0 bridgehead atoms. The van der Waals surface area contributed by atoms with Crippen LogP contribution in [-0.4, -0.2) is 30.3 Å². The van der Waals surface area contributed by atoms with Crippen molar-refractivity contribution in [1.29, 1.82) is 0 Å². The Morgan fingerprint density at radius 1 is 1.37 bits per heavy atom. The van der Waals surface area contributed by atoms with Gasteiger partial charge in [0.2, 0.25) is 0 Å². The van der Waals surface area contributed by atoms with E-state index < -0.39 is 5.54 Å². The lowest BCUT2D eigenvalue weighted by atomic mass is 9.98. The molecule has 0 spiro atoms. The highest BCUT2D eigenvalue weighted by atomic mass is 16.5. The molecule has 0 aliphatic rings. The van der Waals surface area contributed by atoms with Crippen LogP contribution in [0.15, 0.2) is 12.1 Å². The average molecular weight is 265 g/mol. The van der Waals surface area contributed by atoms with E-state index in [0.29, 0.717) is 12.0 Å². The topological polar surface area (TPSA) is 58.6 Å². The molecule has 1 atom stereocenters. The van der Waals surface area contributed by atoms with Crippen LogP contribution in [0.25, 0.3) is 0 Å². The zero-order valence-electron chi connectivity index (χ0n) is 12.3. The molecular weight excluding hydrogens is 242 g/mol. The summed E-state index contributed by atoms with van der Waals surface area (Å²) in [6.07, 6.45) is 0.670. The van der Waals surface area contributed by atoms with Crippen LogP contribution in [0.1, 0.15) is 41.8 Å². The molecule has 0 saturated heterocycles. The molecule has 1 aromatic carbocycles. The van der Waals surface area contributed by atoms with Gasteiger partial charge in [-0.25, -0.2) is 0 Å². The van der Waals surface area contributed by atoms with Crippen molar-refractivity contribution in [3.63, 3.8) is 0 Å². The van der Waals surface area contributed by atoms with Crippen LogP contribution in [0.3, 0.4) is 0 Å². The van der Waals surface area contributed by atoms with Crippen LogP contribution in [0.5, 0.6) is 5.75 Å². The van der Waals surface area contributed by atoms with E-state index in [9.17, 15) is 9.90 Å². The summed E-state index contributed by atoms with van der Waals surface area (Å²) in [5.41, 5.74) is 1.85. The smallest absolute Gasteiger partial charge is 0.251 e. The minimum Gasteiger partial charge on any atom is -0.496 e. The van der Waals surface area contributed by atoms with Crippen molar-refractivity contribution >= 4 is 5.91 Å². The SMILES string of the molecule is CCC(C)(CO)NC(=O)c1cc(C)c(OC)c(C)c1. The number of amides is 1. The Balaban J connectivity index is 3.02. The summed E-state index contributed by atoms with van der Waals surface area (Å²) < 4.78 is 5.28. The quantitative estimate of drug-likeness (QED) is 0.858. The predicted molar refractivity (Wildman–Crippen MR) is 75.7 cm³/mol.